The molecule has 0 aliphatic rings. The standard InChI is InChI=1S/C12H16BrClO2/c1-12(2,7-15)8-16-6-9-3-4-10(13)5-11(9)14/h3-5,15H,6-8H2,1-2H3. The van der Waals surface area contributed by atoms with Gasteiger partial charge in [-0.2, -0.15) is 0 Å². The molecule has 90 valence electrons. The Morgan fingerprint density at radius 3 is 2.69 bits per heavy atom. The number of aliphatic hydroxyl groups excluding tert-OH is 1. The predicted octanol–water partition coefficient (Wildman–Crippen LogP) is 3.64. The van der Waals surface area contributed by atoms with E-state index in [1.807, 2.05) is 32.0 Å². The second kappa shape index (κ2) is 6.01. The Morgan fingerprint density at radius 1 is 1.44 bits per heavy atom. The molecule has 0 spiro atoms. The molecule has 1 aromatic rings. The van der Waals surface area contributed by atoms with Crippen LogP contribution in [-0.2, 0) is 11.3 Å². The summed E-state index contributed by atoms with van der Waals surface area (Å²) in [5.41, 5.74) is 0.751. The zero-order valence-electron chi connectivity index (χ0n) is 9.46. The fourth-order valence-corrected chi connectivity index (χ4v) is 1.85. The molecule has 0 heterocycles. The summed E-state index contributed by atoms with van der Waals surface area (Å²) in [5, 5.41) is 9.76. The monoisotopic (exact) mass is 306 g/mol. The molecule has 0 atom stereocenters. The van der Waals surface area contributed by atoms with Gasteiger partial charge in [0, 0.05) is 14.9 Å². The molecule has 0 aromatic heterocycles. The third kappa shape index (κ3) is 4.42. The van der Waals surface area contributed by atoms with Crippen LogP contribution >= 0.6 is 27.5 Å². The zero-order valence-corrected chi connectivity index (χ0v) is 11.8. The van der Waals surface area contributed by atoms with E-state index < -0.39 is 0 Å². The lowest BCUT2D eigenvalue weighted by molar-refractivity contribution is 0.0198. The largest absolute Gasteiger partial charge is 0.396 e. The lowest BCUT2D eigenvalue weighted by Gasteiger charge is -2.21. The number of benzene rings is 1. The summed E-state index contributed by atoms with van der Waals surface area (Å²) in [6.45, 7) is 5.00. The second-order valence-electron chi connectivity index (χ2n) is 4.55. The van der Waals surface area contributed by atoms with Gasteiger partial charge in [0.2, 0.25) is 0 Å². The highest BCUT2D eigenvalue weighted by Gasteiger charge is 2.16. The van der Waals surface area contributed by atoms with Crippen molar-refractivity contribution in [2.45, 2.75) is 20.5 Å². The van der Waals surface area contributed by atoms with Gasteiger partial charge in [0.25, 0.3) is 0 Å². The van der Waals surface area contributed by atoms with Gasteiger partial charge in [0.1, 0.15) is 0 Å². The van der Waals surface area contributed by atoms with Crippen molar-refractivity contribution < 1.29 is 9.84 Å². The lowest BCUT2D eigenvalue weighted by Crippen LogP contribution is -2.23. The van der Waals surface area contributed by atoms with Crippen molar-refractivity contribution in [3.8, 4) is 0 Å². The Bertz CT molecular complexity index is 353. The Kier molecular flexibility index (Phi) is 5.25. The number of hydrogen-bond acceptors (Lipinski definition) is 2. The van der Waals surface area contributed by atoms with E-state index in [2.05, 4.69) is 15.9 Å². The Hall–Kier alpha value is -0.0900. The zero-order chi connectivity index (χ0) is 12.2. The fraction of sp³-hybridized carbons (Fsp3) is 0.500. The molecular formula is C12H16BrClO2. The van der Waals surface area contributed by atoms with Crippen LogP contribution in [0.25, 0.3) is 0 Å². The molecule has 16 heavy (non-hydrogen) atoms. The Labute approximate surface area is 110 Å². The van der Waals surface area contributed by atoms with Gasteiger partial charge in [-0.05, 0) is 17.7 Å². The molecule has 0 fully saturated rings. The van der Waals surface area contributed by atoms with E-state index in [0.717, 1.165) is 10.0 Å². The molecule has 0 saturated carbocycles. The molecule has 0 bridgehead atoms. The van der Waals surface area contributed by atoms with Gasteiger partial charge in [-0.25, -0.2) is 0 Å². The van der Waals surface area contributed by atoms with E-state index in [1.54, 1.807) is 0 Å². The summed E-state index contributed by atoms with van der Waals surface area (Å²) in [4.78, 5) is 0. The van der Waals surface area contributed by atoms with Gasteiger partial charge in [-0.15, -0.1) is 0 Å². The highest BCUT2D eigenvalue weighted by atomic mass is 79.9. The van der Waals surface area contributed by atoms with Gasteiger partial charge in [0.05, 0.1) is 19.8 Å². The van der Waals surface area contributed by atoms with Gasteiger partial charge >= 0.3 is 0 Å². The molecule has 2 nitrogen and oxygen atoms in total. The molecule has 0 radical (unpaired) electrons. The lowest BCUT2D eigenvalue weighted by atomic mass is 9.97. The van der Waals surface area contributed by atoms with Gasteiger partial charge in [-0.3, -0.25) is 0 Å². The van der Waals surface area contributed by atoms with Crippen molar-refractivity contribution in [2.24, 2.45) is 5.41 Å². The smallest absolute Gasteiger partial charge is 0.0731 e. The van der Waals surface area contributed by atoms with Crippen LogP contribution in [0.1, 0.15) is 19.4 Å². The van der Waals surface area contributed by atoms with Crippen LogP contribution in [0.3, 0.4) is 0 Å². The summed E-state index contributed by atoms with van der Waals surface area (Å²) < 4.78 is 6.49. The minimum absolute atomic E-state index is 0.112. The summed E-state index contributed by atoms with van der Waals surface area (Å²) in [6, 6.07) is 5.71. The van der Waals surface area contributed by atoms with E-state index in [4.69, 9.17) is 21.4 Å². The minimum atomic E-state index is -0.207. The van der Waals surface area contributed by atoms with Crippen LogP contribution in [0.5, 0.6) is 0 Å². The Morgan fingerprint density at radius 2 is 2.12 bits per heavy atom. The summed E-state index contributed by atoms with van der Waals surface area (Å²) >= 11 is 9.40. The van der Waals surface area contributed by atoms with Crippen molar-refractivity contribution in [3.63, 3.8) is 0 Å². The quantitative estimate of drug-likeness (QED) is 0.900. The summed E-state index contributed by atoms with van der Waals surface area (Å²) in [7, 11) is 0. The maximum absolute atomic E-state index is 9.07. The van der Waals surface area contributed by atoms with Gasteiger partial charge < -0.3 is 9.84 Å². The Balaban J connectivity index is 2.49. The van der Waals surface area contributed by atoms with Crippen molar-refractivity contribution in [2.75, 3.05) is 13.2 Å². The average Bonchev–Trinajstić information content (AvgIpc) is 2.21. The highest BCUT2D eigenvalue weighted by molar-refractivity contribution is 9.10. The average molecular weight is 308 g/mol. The number of ether oxygens (including phenoxy) is 1. The van der Waals surface area contributed by atoms with Crippen LogP contribution < -0.4 is 0 Å². The predicted molar refractivity (Wildman–Crippen MR) is 69.7 cm³/mol. The van der Waals surface area contributed by atoms with Crippen molar-refractivity contribution in [1.29, 1.82) is 0 Å². The van der Waals surface area contributed by atoms with Crippen LogP contribution in [-0.4, -0.2) is 18.3 Å². The van der Waals surface area contributed by atoms with E-state index in [9.17, 15) is 0 Å². The number of halogens is 2. The number of hydrogen-bond donors (Lipinski definition) is 1. The minimum Gasteiger partial charge on any atom is -0.396 e. The van der Waals surface area contributed by atoms with E-state index in [-0.39, 0.29) is 12.0 Å². The molecule has 0 amide bonds. The molecule has 0 aliphatic carbocycles. The third-order valence-electron chi connectivity index (χ3n) is 2.19. The second-order valence-corrected chi connectivity index (χ2v) is 5.87. The van der Waals surface area contributed by atoms with E-state index in [0.29, 0.717) is 18.2 Å². The SMILES string of the molecule is CC(C)(CO)COCc1ccc(Br)cc1Cl. The molecule has 0 unspecified atom stereocenters. The van der Waals surface area contributed by atoms with E-state index in [1.165, 1.54) is 0 Å². The summed E-state index contributed by atoms with van der Waals surface area (Å²) in [6.07, 6.45) is 0. The van der Waals surface area contributed by atoms with Crippen molar-refractivity contribution in [3.05, 3.63) is 33.3 Å². The fourth-order valence-electron chi connectivity index (χ4n) is 1.12. The first-order chi connectivity index (χ1) is 7.44. The molecule has 4 heteroatoms. The summed E-state index contributed by atoms with van der Waals surface area (Å²) in [5.74, 6) is 0. The van der Waals surface area contributed by atoms with Crippen LogP contribution in [0.2, 0.25) is 5.02 Å². The highest BCUT2D eigenvalue weighted by Crippen LogP contribution is 2.23. The van der Waals surface area contributed by atoms with Crippen LogP contribution in [0, 0.1) is 5.41 Å². The third-order valence-corrected chi connectivity index (χ3v) is 3.04. The molecule has 1 rings (SSSR count). The van der Waals surface area contributed by atoms with Gasteiger partial charge in [0.15, 0.2) is 0 Å². The molecule has 0 saturated heterocycles. The first-order valence-corrected chi connectivity index (χ1v) is 6.24. The van der Waals surface area contributed by atoms with E-state index >= 15 is 0 Å². The molecule has 1 N–H and O–H groups in total. The van der Waals surface area contributed by atoms with Crippen LogP contribution in [0.4, 0.5) is 0 Å². The first kappa shape index (κ1) is 14.0. The van der Waals surface area contributed by atoms with Crippen molar-refractivity contribution >= 4 is 27.5 Å². The maximum Gasteiger partial charge on any atom is 0.0731 e. The maximum atomic E-state index is 9.07. The van der Waals surface area contributed by atoms with Crippen molar-refractivity contribution in [1.82, 2.24) is 0 Å². The molecule has 0 aliphatic heterocycles. The topological polar surface area (TPSA) is 29.5 Å². The normalized spacial score (nSPS) is 11.8. The number of rotatable bonds is 5. The first-order valence-electron chi connectivity index (χ1n) is 5.07. The molecular weight excluding hydrogens is 291 g/mol. The van der Waals surface area contributed by atoms with Gasteiger partial charge in [-0.1, -0.05) is 47.4 Å². The number of aliphatic hydroxyl groups is 1. The molecule has 1 aromatic carbocycles. The van der Waals surface area contributed by atoms with Crippen LogP contribution in [0.15, 0.2) is 22.7 Å².